The van der Waals surface area contributed by atoms with Crippen LogP contribution in [0.2, 0.25) is 0 Å². The van der Waals surface area contributed by atoms with Gasteiger partial charge in [0.2, 0.25) is 5.91 Å². The fourth-order valence-electron chi connectivity index (χ4n) is 4.15. The van der Waals surface area contributed by atoms with Crippen molar-refractivity contribution >= 4 is 11.6 Å². The second-order valence-electron chi connectivity index (χ2n) is 8.34. The van der Waals surface area contributed by atoms with Crippen molar-refractivity contribution < 1.29 is 4.79 Å². The van der Waals surface area contributed by atoms with Crippen molar-refractivity contribution in [2.24, 2.45) is 0 Å². The molecule has 2 aromatic rings. The maximum Gasteiger partial charge on any atom is 0.227 e. The van der Waals surface area contributed by atoms with E-state index in [-0.39, 0.29) is 19.3 Å². The third-order valence-electron chi connectivity index (χ3n) is 6.08. The lowest BCUT2D eigenvalue weighted by Gasteiger charge is -2.37. The number of anilines is 1. The van der Waals surface area contributed by atoms with Crippen molar-refractivity contribution in [1.82, 2.24) is 10.2 Å². The van der Waals surface area contributed by atoms with E-state index < -0.39 is 0 Å². The van der Waals surface area contributed by atoms with Crippen molar-refractivity contribution in [3.05, 3.63) is 64.7 Å². The highest BCUT2D eigenvalue weighted by atomic mass is 16.1. The van der Waals surface area contributed by atoms with E-state index in [1.165, 1.54) is 22.4 Å². The molecule has 4 nitrogen and oxygen atoms in total. The largest absolute Gasteiger partial charge is 0.369 e. The molecule has 1 saturated heterocycles. The van der Waals surface area contributed by atoms with Gasteiger partial charge in [0, 0.05) is 38.4 Å². The smallest absolute Gasteiger partial charge is 0.227 e. The van der Waals surface area contributed by atoms with Crippen LogP contribution in [-0.4, -0.2) is 50.1 Å². The molecule has 0 bridgehead atoms. The van der Waals surface area contributed by atoms with Crippen LogP contribution in [0.15, 0.2) is 42.5 Å². The number of carbonyl (C=O) groups excluding carboxylic acids is 1. The molecule has 1 unspecified atom stereocenters. The Labute approximate surface area is 183 Å². The van der Waals surface area contributed by atoms with E-state index in [4.69, 9.17) is 0 Å². The number of benzene rings is 2. The second kappa shape index (κ2) is 11.2. The minimum atomic E-state index is -0.0997. The van der Waals surface area contributed by atoms with Crippen molar-refractivity contribution in [1.29, 1.82) is 0 Å². The molecule has 1 amide bonds. The summed E-state index contributed by atoms with van der Waals surface area (Å²) >= 11 is 0. The zero-order chi connectivity index (χ0) is 20.8. The van der Waals surface area contributed by atoms with E-state index in [2.05, 4.69) is 66.2 Å². The van der Waals surface area contributed by atoms with Gasteiger partial charge in [-0.2, -0.15) is 0 Å². The van der Waals surface area contributed by atoms with Crippen molar-refractivity contribution in [3.63, 3.8) is 0 Å². The molecule has 3 rings (SSSR count). The maximum absolute atomic E-state index is 12.5. The van der Waals surface area contributed by atoms with E-state index >= 15 is 0 Å². The predicted octanol–water partition coefficient (Wildman–Crippen LogP) is 4.68. The molecular weight excluding hydrogens is 370 g/mol. The molecule has 30 heavy (non-hydrogen) atoms. The van der Waals surface area contributed by atoms with Gasteiger partial charge in [0.1, 0.15) is 0 Å². The third kappa shape index (κ3) is 6.09. The quantitative estimate of drug-likeness (QED) is 0.675. The molecule has 1 fully saturated rings. The van der Waals surface area contributed by atoms with Crippen molar-refractivity contribution in [3.8, 4) is 0 Å². The lowest BCUT2D eigenvalue weighted by atomic mass is 9.96. The highest BCUT2D eigenvalue weighted by molar-refractivity contribution is 5.83. The van der Waals surface area contributed by atoms with Crippen molar-refractivity contribution in [2.75, 3.05) is 44.2 Å². The number of hydrogen-bond donors (Lipinski definition) is 1. The summed E-state index contributed by atoms with van der Waals surface area (Å²) in [5.74, 6) is 0.0244. The van der Waals surface area contributed by atoms with Gasteiger partial charge < -0.3 is 10.2 Å². The van der Waals surface area contributed by atoms with Crippen LogP contribution < -0.4 is 10.2 Å². The van der Waals surface area contributed by atoms with E-state index in [0.717, 1.165) is 51.3 Å². The molecule has 2 aromatic carbocycles. The van der Waals surface area contributed by atoms with Crippen LogP contribution in [0.25, 0.3) is 0 Å². The number of hydrogen-bond acceptors (Lipinski definition) is 3. The molecule has 164 valence electrons. The van der Waals surface area contributed by atoms with Gasteiger partial charge in [-0.05, 0) is 69.0 Å². The molecule has 0 aliphatic carbocycles. The summed E-state index contributed by atoms with van der Waals surface area (Å²) in [6.45, 7) is 14.5. The van der Waals surface area contributed by atoms with E-state index in [1.54, 1.807) is 0 Å². The number of nitrogens with one attached hydrogen (secondary N) is 1. The van der Waals surface area contributed by atoms with Crippen molar-refractivity contribution in [2.45, 2.75) is 47.5 Å². The molecule has 1 heterocycles. The van der Waals surface area contributed by atoms with Crippen LogP contribution in [0, 0.1) is 20.8 Å². The Morgan fingerprint density at radius 3 is 2.40 bits per heavy atom. The standard InChI is InChI=1S/C25H35N3O.CH4/c1-19-10-11-21(3)24(18-19)28-16-14-27(15-17-28)13-7-12-26-25(29)22(4)23-9-6-5-8-20(23)2;/h5-6,8-11,18,22H,7,12-17H2,1-4H3,(H,26,29);1H4. The molecule has 1 aliphatic heterocycles. The van der Waals surface area contributed by atoms with Gasteiger partial charge in [0.15, 0.2) is 0 Å². The monoisotopic (exact) mass is 409 g/mol. The highest BCUT2D eigenvalue weighted by Gasteiger charge is 2.19. The van der Waals surface area contributed by atoms with E-state index in [1.807, 2.05) is 19.1 Å². The molecular formula is C26H39N3O. The summed E-state index contributed by atoms with van der Waals surface area (Å²) < 4.78 is 0. The fourth-order valence-corrected chi connectivity index (χ4v) is 4.15. The Kier molecular flexibility index (Phi) is 8.91. The number of piperazine rings is 1. The van der Waals surface area contributed by atoms with Gasteiger partial charge in [-0.1, -0.05) is 43.8 Å². The number of amides is 1. The molecule has 0 spiro atoms. The molecule has 4 heteroatoms. The molecule has 1 atom stereocenters. The van der Waals surface area contributed by atoms with Gasteiger partial charge in [-0.25, -0.2) is 0 Å². The Morgan fingerprint density at radius 1 is 1.00 bits per heavy atom. The summed E-state index contributed by atoms with van der Waals surface area (Å²) in [5.41, 5.74) is 6.35. The number of aryl methyl sites for hydroxylation is 3. The van der Waals surface area contributed by atoms with Gasteiger partial charge in [-0.15, -0.1) is 0 Å². The minimum absolute atomic E-state index is 0. The lowest BCUT2D eigenvalue weighted by molar-refractivity contribution is -0.122. The Morgan fingerprint density at radius 2 is 1.70 bits per heavy atom. The molecule has 1 aliphatic rings. The topological polar surface area (TPSA) is 35.6 Å². The number of carbonyl (C=O) groups is 1. The fraction of sp³-hybridized carbons (Fsp3) is 0.500. The summed E-state index contributed by atoms with van der Waals surface area (Å²) in [6.07, 6.45) is 0.996. The average Bonchev–Trinajstić information content (AvgIpc) is 2.73. The van der Waals surface area contributed by atoms with Gasteiger partial charge in [0.25, 0.3) is 0 Å². The summed E-state index contributed by atoms with van der Waals surface area (Å²) in [4.78, 5) is 17.5. The first-order chi connectivity index (χ1) is 14.0. The summed E-state index contributed by atoms with van der Waals surface area (Å²) in [7, 11) is 0. The SMILES string of the molecule is C.Cc1ccc(C)c(N2CCN(CCCNC(=O)C(C)c3ccccc3C)CC2)c1. The van der Waals surface area contributed by atoms with Gasteiger partial charge in [-0.3, -0.25) is 9.69 Å². The normalized spacial score (nSPS) is 15.4. The average molecular weight is 410 g/mol. The molecule has 1 N–H and O–H groups in total. The van der Waals surface area contributed by atoms with Crippen LogP contribution in [0.1, 0.15) is 48.9 Å². The Bertz CT molecular complexity index is 825. The second-order valence-corrected chi connectivity index (χ2v) is 8.34. The lowest BCUT2D eigenvalue weighted by Crippen LogP contribution is -2.47. The van der Waals surface area contributed by atoms with E-state index in [9.17, 15) is 4.79 Å². The van der Waals surface area contributed by atoms with Crippen LogP contribution in [0.4, 0.5) is 5.69 Å². The minimum Gasteiger partial charge on any atom is -0.369 e. The molecule has 0 saturated carbocycles. The first-order valence-corrected chi connectivity index (χ1v) is 10.8. The summed E-state index contributed by atoms with van der Waals surface area (Å²) in [5, 5.41) is 3.12. The zero-order valence-electron chi connectivity index (χ0n) is 18.4. The third-order valence-corrected chi connectivity index (χ3v) is 6.08. The van der Waals surface area contributed by atoms with Crippen LogP contribution >= 0.6 is 0 Å². The van der Waals surface area contributed by atoms with Crippen LogP contribution in [0.3, 0.4) is 0 Å². The van der Waals surface area contributed by atoms with Crippen LogP contribution in [0.5, 0.6) is 0 Å². The zero-order valence-corrected chi connectivity index (χ0v) is 18.4. The predicted molar refractivity (Wildman–Crippen MR) is 129 cm³/mol. The first kappa shape index (κ1) is 23.9. The maximum atomic E-state index is 12.5. The number of nitrogens with zero attached hydrogens (tertiary/aromatic N) is 2. The van der Waals surface area contributed by atoms with Crippen LogP contribution in [-0.2, 0) is 4.79 Å². The van der Waals surface area contributed by atoms with E-state index in [0.29, 0.717) is 0 Å². The Hall–Kier alpha value is -2.33. The van der Waals surface area contributed by atoms with Gasteiger partial charge >= 0.3 is 0 Å². The highest BCUT2D eigenvalue weighted by Crippen LogP contribution is 2.23. The first-order valence-electron chi connectivity index (χ1n) is 10.8. The Balaban J connectivity index is 0.00000320. The van der Waals surface area contributed by atoms with Gasteiger partial charge in [0.05, 0.1) is 5.92 Å². The molecule has 0 radical (unpaired) electrons. The number of rotatable bonds is 7. The molecule has 0 aromatic heterocycles. The summed E-state index contributed by atoms with van der Waals surface area (Å²) in [6, 6.07) is 14.8.